The van der Waals surface area contributed by atoms with Gasteiger partial charge in [0.25, 0.3) is 0 Å². The lowest BCUT2D eigenvalue weighted by molar-refractivity contribution is 0.0963. The van der Waals surface area contributed by atoms with Gasteiger partial charge in [0.2, 0.25) is 0 Å². The Bertz CT molecular complexity index is 632. The highest BCUT2D eigenvalue weighted by molar-refractivity contribution is 14.0. The van der Waals surface area contributed by atoms with Crippen molar-refractivity contribution in [2.24, 2.45) is 4.99 Å². The number of ether oxygens (including phenoxy) is 2. The number of hydrogen-bond donors (Lipinski definition) is 2. The van der Waals surface area contributed by atoms with Crippen molar-refractivity contribution in [1.82, 2.24) is 15.5 Å². The van der Waals surface area contributed by atoms with Crippen LogP contribution in [0.3, 0.4) is 0 Å². The molecular weight excluding hydrogens is 495 g/mol. The molecule has 0 atom stereocenters. The van der Waals surface area contributed by atoms with Crippen LogP contribution in [-0.4, -0.2) is 62.9 Å². The minimum Gasteiger partial charge on any atom is -0.494 e. The van der Waals surface area contributed by atoms with Crippen LogP contribution in [0.1, 0.15) is 45.1 Å². The average molecular weight is 532 g/mol. The molecule has 8 heteroatoms. The predicted molar refractivity (Wildman–Crippen MR) is 132 cm³/mol. The Morgan fingerprint density at radius 2 is 1.90 bits per heavy atom. The lowest BCUT2D eigenvalue weighted by Crippen LogP contribution is -2.50. The smallest absolute Gasteiger partial charge is 0.409 e. The second-order valence-corrected chi connectivity index (χ2v) is 7.20. The van der Waals surface area contributed by atoms with Crippen molar-refractivity contribution in [2.75, 3.05) is 39.9 Å². The highest BCUT2D eigenvalue weighted by Crippen LogP contribution is 2.13. The fourth-order valence-electron chi connectivity index (χ4n) is 3.22. The Labute approximate surface area is 198 Å². The molecule has 1 saturated heterocycles. The molecule has 1 aromatic carbocycles. The Morgan fingerprint density at radius 3 is 2.50 bits per heavy atom. The molecule has 170 valence electrons. The minimum atomic E-state index is -0.213. The lowest BCUT2D eigenvalue weighted by atomic mass is 10.1. The molecule has 0 unspecified atom stereocenters. The van der Waals surface area contributed by atoms with Gasteiger partial charge < -0.3 is 25.0 Å². The maximum atomic E-state index is 11.8. The number of piperidine rings is 1. The predicted octanol–water partition coefficient (Wildman–Crippen LogP) is 3.81. The number of guanidine groups is 1. The quantitative estimate of drug-likeness (QED) is 0.219. The Kier molecular flexibility index (Phi) is 13.3. The number of nitrogens with zero attached hydrogens (tertiary/aromatic N) is 2. The molecule has 2 N–H and O–H groups in total. The summed E-state index contributed by atoms with van der Waals surface area (Å²) in [5.74, 6) is 1.74. The van der Waals surface area contributed by atoms with Crippen LogP contribution in [0, 0.1) is 0 Å². The number of aliphatic imine (C=N–C) groups is 1. The molecule has 1 aliphatic heterocycles. The Morgan fingerprint density at radius 1 is 1.20 bits per heavy atom. The van der Waals surface area contributed by atoms with Gasteiger partial charge in [-0.15, -0.1) is 24.0 Å². The number of unbranched alkanes of at least 4 members (excludes halogenated alkanes) is 1. The van der Waals surface area contributed by atoms with E-state index in [9.17, 15) is 4.79 Å². The number of benzene rings is 1. The van der Waals surface area contributed by atoms with E-state index in [1.165, 1.54) is 5.56 Å². The van der Waals surface area contributed by atoms with Gasteiger partial charge in [0, 0.05) is 32.7 Å². The van der Waals surface area contributed by atoms with E-state index in [0.29, 0.717) is 25.7 Å². The van der Waals surface area contributed by atoms with Crippen molar-refractivity contribution in [3.8, 4) is 5.75 Å². The second kappa shape index (κ2) is 15.1. The molecule has 0 spiro atoms. The third kappa shape index (κ3) is 9.40. The van der Waals surface area contributed by atoms with Crippen molar-refractivity contribution in [3.05, 3.63) is 29.8 Å². The van der Waals surface area contributed by atoms with Crippen molar-refractivity contribution >= 4 is 36.0 Å². The summed E-state index contributed by atoms with van der Waals surface area (Å²) in [4.78, 5) is 17.9. The summed E-state index contributed by atoms with van der Waals surface area (Å²) in [6.07, 6.45) is 4.70. The van der Waals surface area contributed by atoms with E-state index in [4.69, 9.17) is 9.47 Å². The first-order valence-electron chi connectivity index (χ1n) is 10.8. The summed E-state index contributed by atoms with van der Waals surface area (Å²) in [5.41, 5.74) is 1.26. The molecular formula is C22H37IN4O3. The first-order valence-corrected chi connectivity index (χ1v) is 10.8. The number of carbonyl (C=O) groups is 1. The summed E-state index contributed by atoms with van der Waals surface area (Å²) in [7, 11) is 1.78. The van der Waals surface area contributed by atoms with Gasteiger partial charge in [-0.1, -0.05) is 25.5 Å². The third-order valence-corrected chi connectivity index (χ3v) is 4.98. The highest BCUT2D eigenvalue weighted by atomic mass is 127. The summed E-state index contributed by atoms with van der Waals surface area (Å²) < 4.78 is 10.8. The molecule has 7 nitrogen and oxygen atoms in total. The lowest BCUT2D eigenvalue weighted by Gasteiger charge is -2.32. The summed E-state index contributed by atoms with van der Waals surface area (Å²) in [6.45, 7) is 7.41. The highest BCUT2D eigenvalue weighted by Gasteiger charge is 2.23. The molecule has 1 amide bonds. The van der Waals surface area contributed by atoms with Crippen molar-refractivity contribution in [1.29, 1.82) is 0 Å². The zero-order valence-corrected chi connectivity index (χ0v) is 20.8. The van der Waals surface area contributed by atoms with Crippen LogP contribution in [0.25, 0.3) is 0 Å². The van der Waals surface area contributed by atoms with E-state index in [-0.39, 0.29) is 30.1 Å². The summed E-state index contributed by atoms with van der Waals surface area (Å²) in [6, 6.07) is 8.62. The van der Waals surface area contributed by atoms with E-state index >= 15 is 0 Å². The number of amides is 1. The maximum Gasteiger partial charge on any atom is 0.409 e. The van der Waals surface area contributed by atoms with Gasteiger partial charge in [0.1, 0.15) is 5.75 Å². The number of likely N-dealkylation sites (tertiary alicyclic amines) is 1. The molecule has 0 aliphatic carbocycles. The minimum absolute atomic E-state index is 0. The van der Waals surface area contributed by atoms with Crippen LogP contribution < -0.4 is 15.4 Å². The summed E-state index contributed by atoms with van der Waals surface area (Å²) in [5, 5.41) is 6.84. The number of rotatable bonds is 9. The molecule has 0 radical (unpaired) electrons. The van der Waals surface area contributed by atoms with E-state index in [0.717, 1.165) is 57.0 Å². The van der Waals surface area contributed by atoms with Crippen molar-refractivity contribution < 1.29 is 14.3 Å². The third-order valence-electron chi connectivity index (χ3n) is 4.98. The maximum absolute atomic E-state index is 11.8. The number of nitrogens with one attached hydrogen (secondary N) is 2. The van der Waals surface area contributed by atoms with Crippen LogP contribution >= 0.6 is 24.0 Å². The molecule has 0 saturated carbocycles. The fourth-order valence-corrected chi connectivity index (χ4v) is 3.22. The monoisotopic (exact) mass is 532 g/mol. The molecule has 2 rings (SSSR count). The second-order valence-electron chi connectivity index (χ2n) is 7.20. The zero-order valence-electron chi connectivity index (χ0n) is 18.5. The van der Waals surface area contributed by atoms with E-state index in [1.807, 2.05) is 19.1 Å². The van der Waals surface area contributed by atoms with Crippen molar-refractivity contribution in [3.63, 3.8) is 0 Å². The summed E-state index contributed by atoms with van der Waals surface area (Å²) >= 11 is 0. The van der Waals surface area contributed by atoms with Gasteiger partial charge in [-0.25, -0.2) is 4.79 Å². The number of halogens is 1. The largest absolute Gasteiger partial charge is 0.494 e. The van der Waals surface area contributed by atoms with Crippen molar-refractivity contribution in [2.45, 2.75) is 52.0 Å². The van der Waals surface area contributed by atoms with E-state index in [1.54, 1.807) is 11.9 Å². The molecule has 30 heavy (non-hydrogen) atoms. The van der Waals surface area contributed by atoms with Gasteiger partial charge in [0.15, 0.2) is 5.96 Å². The van der Waals surface area contributed by atoms with Gasteiger partial charge in [0.05, 0.1) is 13.2 Å². The molecule has 1 aromatic rings. The normalized spacial score (nSPS) is 14.6. The fraction of sp³-hybridized carbons (Fsp3) is 0.636. The van der Waals surface area contributed by atoms with Crippen LogP contribution in [-0.2, 0) is 11.2 Å². The topological polar surface area (TPSA) is 75.2 Å². The Hall–Kier alpha value is -1.71. The first kappa shape index (κ1) is 26.3. The van der Waals surface area contributed by atoms with E-state index in [2.05, 4.69) is 34.7 Å². The van der Waals surface area contributed by atoms with Gasteiger partial charge in [-0.3, -0.25) is 4.99 Å². The van der Waals surface area contributed by atoms with E-state index < -0.39 is 0 Å². The average Bonchev–Trinajstić information content (AvgIpc) is 2.75. The Balaban J connectivity index is 0.00000450. The van der Waals surface area contributed by atoms with Crippen LogP contribution in [0.15, 0.2) is 29.3 Å². The zero-order chi connectivity index (χ0) is 20.9. The molecule has 0 bridgehead atoms. The molecule has 1 aliphatic rings. The van der Waals surface area contributed by atoms with Crippen LogP contribution in [0.4, 0.5) is 4.79 Å². The van der Waals surface area contributed by atoms with Gasteiger partial charge in [-0.2, -0.15) is 0 Å². The SMILES string of the molecule is CCCCOc1ccc(CCNC(=NC)NC2CCN(C(=O)OCC)CC2)cc1.I. The number of hydrogen-bond acceptors (Lipinski definition) is 4. The van der Waals surface area contributed by atoms with Gasteiger partial charge >= 0.3 is 6.09 Å². The molecule has 0 aromatic heterocycles. The van der Waals surface area contributed by atoms with Crippen LogP contribution in [0.2, 0.25) is 0 Å². The van der Waals surface area contributed by atoms with Crippen LogP contribution in [0.5, 0.6) is 5.75 Å². The first-order chi connectivity index (χ1) is 14.2. The standard InChI is InChI=1S/C22H36N4O3.HI/c1-4-6-17-29-20-9-7-18(8-10-20)11-14-24-21(23-3)25-19-12-15-26(16-13-19)22(27)28-5-2;/h7-10,19H,4-6,11-17H2,1-3H3,(H2,23,24,25);1H. The number of carbonyl (C=O) groups excluding carboxylic acids is 1. The van der Waals surface area contributed by atoms with Gasteiger partial charge in [-0.05, 0) is 50.3 Å². The molecule has 1 fully saturated rings. The molecule has 1 heterocycles.